The average Bonchev–Trinajstić information content (AvgIpc) is 3.08. The summed E-state index contributed by atoms with van der Waals surface area (Å²) in [5.41, 5.74) is 1.84. The highest BCUT2D eigenvalue weighted by Gasteiger charge is 2.46. The van der Waals surface area contributed by atoms with E-state index in [1.807, 2.05) is 6.92 Å². The number of carbonyl (C=O) groups excluding carboxylic acids is 3. The van der Waals surface area contributed by atoms with Crippen molar-refractivity contribution in [1.82, 2.24) is 10.2 Å². The van der Waals surface area contributed by atoms with E-state index in [1.54, 1.807) is 56.3 Å². The van der Waals surface area contributed by atoms with E-state index in [4.69, 9.17) is 21.4 Å². The standard InChI is InChI=1S/C24H28ClN3O6/c1-13(2)21(22(31)26-19-9-4-14(3)10-18(19)25)28-23(32)20(27-24(28)33)15-5-7-17(8-6-15)34-12-16(30)11-29/h4-10,13,16,20-21,29-30H,11-12H2,1-3H3,(H,26,31)(H,27,33)/t16?,20-,21?/m1/s1. The number of carbonyl (C=O) groups is 3. The van der Waals surface area contributed by atoms with Crippen molar-refractivity contribution < 1.29 is 29.3 Å². The second kappa shape index (κ2) is 10.9. The highest BCUT2D eigenvalue weighted by atomic mass is 35.5. The van der Waals surface area contributed by atoms with Crippen molar-refractivity contribution in [3.8, 4) is 5.75 Å². The number of nitrogens with zero attached hydrogens (tertiary/aromatic N) is 1. The fourth-order valence-electron chi connectivity index (χ4n) is 3.63. The molecule has 182 valence electrons. The van der Waals surface area contributed by atoms with E-state index in [0.717, 1.165) is 10.5 Å². The van der Waals surface area contributed by atoms with Gasteiger partial charge in [-0.05, 0) is 48.2 Å². The average molecular weight is 490 g/mol. The van der Waals surface area contributed by atoms with Gasteiger partial charge in [0.25, 0.3) is 5.91 Å². The molecule has 4 N–H and O–H groups in total. The van der Waals surface area contributed by atoms with Crippen molar-refractivity contribution in [3.63, 3.8) is 0 Å². The van der Waals surface area contributed by atoms with E-state index in [9.17, 15) is 19.5 Å². The Morgan fingerprint density at radius 2 is 1.88 bits per heavy atom. The number of urea groups is 1. The first-order valence-corrected chi connectivity index (χ1v) is 11.2. The van der Waals surface area contributed by atoms with Gasteiger partial charge in [0.05, 0.1) is 17.3 Å². The Balaban J connectivity index is 1.76. The SMILES string of the molecule is Cc1ccc(NC(=O)C(C(C)C)N2C(=O)N[C@H](c3ccc(OCC(O)CO)cc3)C2=O)c(Cl)c1. The lowest BCUT2D eigenvalue weighted by molar-refractivity contribution is -0.135. The molecular weight excluding hydrogens is 462 g/mol. The Hall–Kier alpha value is -3.14. The minimum atomic E-state index is -1.04. The van der Waals surface area contributed by atoms with Crippen molar-refractivity contribution in [3.05, 3.63) is 58.6 Å². The number of aryl methyl sites for hydroxylation is 1. The molecule has 2 aromatic carbocycles. The van der Waals surface area contributed by atoms with Gasteiger partial charge in [-0.25, -0.2) is 9.69 Å². The van der Waals surface area contributed by atoms with Crippen LogP contribution in [0.3, 0.4) is 0 Å². The molecule has 2 unspecified atom stereocenters. The second-order valence-electron chi connectivity index (χ2n) is 8.47. The lowest BCUT2D eigenvalue weighted by Crippen LogP contribution is -2.50. The fraction of sp³-hybridized carbons (Fsp3) is 0.375. The number of benzene rings is 2. The zero-order chi connectivity index (χ0) is 25.0. The molecule has 1 saturated heterocycles. The van der Waals surface area contributed by atoms with Gasteiger partial charge in [0.15, 0.2) is 0 Å². The lowest BCUT2D eigenvalue weighted by atomic mass is 10.00. The first-order chi connectivity index (χ1) is 16.1. The van der Waals surface area contributed by atoms with Gasteiger partial charge in [0.1, 0.15) is 30.5 Å². The van der Waals surface area contributed by atoms with Crippen LogP contribution in [-0.2, 0) is 9.59 Å². The molecule has 1 fully saturated rings. The maximum absolute atomic E-state index is 13.2. The zero-order valence-electron chi connectivity index (χ0n) is 19.1. The number of aliphatic hydroxyl groups is 2. The van der Waals surface area contributed by atoms with Crippen LogP contribution >= 0.6 is 11.6 Å². The third-order valence-corrected chi connectivity index (χ3v) is 5.71. The van der Waals surface area contributed by atoms with E-state index in [-0.39, 0.29) is 12.5 Å². The molecule has 3 rings (SSSR count). The maximum Gasteiger partial charge on any atom is 0.325 e. The van der Waals surface area contributed by atoms with Crippen LogP contribution in [-0.4, -0.2) is 58.3 Å². The Morgan fingerprint density at radius 3 is 2.47 bits per heavy atom. The number of anilines is 1. The number of imide groups is 1. The van der Waals surface area contributed by atoms with Gasteiger partial charge in [-0.3, -0.25) is 9.59 Å². The van der Waals surface area contributed by atoms with Crippen LogP contribution in [0.15, 0.2) is 42.5 Å². The molecule has 1 aliphatic rings. The molecular formula is C24H28ClN3O6. The Bertz CT molecular complexity index is 1060. The minimum absolute atomic E-state index is 0.0844. The first kappa shape index (κ1) is 25.5. The van der Waals surface area contributed by atoms with E-state index in [0.29, 0.717) is 22.0 Å². The predicted molar refractivity (Wildman–Crippen MR) is 127 cm³/mol. The number of halogens is 1. The fourth-order valence-corrected chi connectivity index (χ4v) is 3.91. The smallest absolute Gasteiger partial charge is 0.325 e. The summed E-state index contributed by atoms with van der Waals surface area (Å²) < 4.78 is 5.36. The van der Waals surface area contributed by atoms with Crippen LogP contribution < -0.4 is 15.4 Å². The topological polar surface area (TPSA) is 128 Å². The summed E-state index contributed by atoms with van der Waals surface area (Å²) in [5.74, 6) is -0.986. The highest BCUT2D eigenvalue weighted by molar-refractivity contribution is 6.33. The van der Waals surface area contributed by atoms with E-state index in [2.05, 4.69) is 10.6 Å². The van der Waals surface area contributed by atoms with E-state index in [1.165, 1.54) is 0 Å². The van der Waals surface area contributed by atoms with Crippen molar-refractivity contribution in [2.75, 3.05) is 18.5 Å². The quantitative estimate of drug-likeness (QED) is 0.401. The van der Waals surface area contributed by atoms with Gasteiger partial charge in [0, 0.05) is 0 Å². The largest absolute Gasteiger partial charge is 0.491 e. The number of hydrogen-bond acceptors (Lipinski definition) is 6. The molecule has 0 spiro atoms. The summed E-state index contributed by atoms with van der Waals surface area (Å²) in [5, 5.41) is 24.0. The molecule has 9 nitrogen and oxygen atoms in total. The van der Waals surface area contributed by atoms with Gasteiger partial charge < -0.3 is 25.6 Å². The zero-order valence-corrected chi connectivity index (χ0v) is 19.9. The number of amides is 4. The highest BCUT2D eigenvalue weighted by Crippen LogP contribution is 2.29. The van der Waals surface area contributed by atoms with Crippen molar-refractivity contribution in [2.45, 2.75) is 39.0 Å². The summed E-state index contributed by atoms with van der Waals surface area (Å²) in [6, 6.07) is 8.93. The molecule has 34 heavy (non-hydrogen) atoms. The molecule has 0 aliphatic carbocycles. The lowest BCUT2D eigenvalue weighted by Gasteiger charge is -2.27. The Labute approximate surface area is 202 Å². The third kappa shape index (κ3) is 5.67. The molecule has 2 aromatic rings. The molecule has 1 aliphatic heterocycles. The van der Waals surface area contributed by atoms with Crippen LogP contribution in [0.25, 0.3) is 0 Å². The molecule has 0 saturated carbocycles. The molecule has 0 bridgehead atoms. The summed E-state index contributed by atoms with van der Waals surface area (Å²) in [4.78, 5) is 40.0. The number of hydrogen-bond donors (Lipinski definition) is 4. The second-order valence-corrected chi connectivity index (χ2v) is 8.88. The Morgan fingerprint density at radius 1 is 1.21 bits per heavy atom. The third-order valence-electron chi connectivity index (χ3n) is 5.40. The summed E-state index contributed by atoms with van der Waals surface area (Å²) >= 11 is 6.23. The van der Waals surface area contributed by atoms with Gasteiger partial charge in [-0.15, -0.1) is 0 Å². The van der Waals surface area contributed by atoms with Crippen molar-refractivity contribution in [1.29, 1.82) is 0 Å². The monoisotopic (exact) mass is 489 g/mol. The number of ether oxygens (including phenoxy) is 1. The van der Waals surface area contributed by atoms with Crippen LogP contribution in [0.5, 0.6) is 5.75 Å². The molecule has 4 amide bonds. The summed E-state index contributed by atoms with van der Waals surface area (Å²) in [6.07, 6.45) is -1.00. The molecule has 3 atom stereocenters. The van der Waals surface area contributed by atoms with Gasteiger partial charge in [0.2, 0.25) is 5.91 Å². The first-order valence-electron chi connectivity index (χ1n) is 10.8. The van der Waals surface area contributed by atoms with Gasteiger partial charge >= 0.3 is 6.03 Å². The van der Waals surface area contributed by atoms with Crippen LogP contribution in [0.4, 0.5) is 10.5 Å². The van der Waals surface area contributed by atoms with Gasteiger partial charge in [-0.1, -0.05) is 43.6 Å². The minimum Gasteiger partial charge on any atom is -0.491 e. The molecule has 0 aromatic heterocycles. The number of rotatable bonds is 9. The molecule has 1 heterocycles. The van der Waals surface area contributed by atoms with E-state index < -0.39 is 42.6 Å². The maximum atomic E-state index is 13.2. The number of aliphatic hydroxyl groups excluding tert-OH is 2. The summed E-state index contributed by atoms with van der Waals surface area (Å²) in [7, 11) is 0. The molecule has 0 radical (unpaired) electrons. The summed E-state index contributed by atoms with van der Waals surface area (Å²) in [6.45, 7) is 4.87. The van der Waals surface area contributed by atoms with Crippen LogP contribution in [0.1, 0.15) is 31.0 Å². The van der Waals surface area contributed by atoms with Crippen LogP contribution in [0.2, 0.25) is 5.02 Å². The normalized spacial score (nSPS) is 17.5. The Kier molecular flexibility index (Phi) is 8.14. The molecule has 10 heteroatoms. The van der Waals surface area contributed by atoms with Crippen molar-refractivity contribution >= 4 is 35.1 Å². The van der Waals surface area contributed by atoms with Gasteiger partial charge in [-0.2, -0.15) is 0 Å². The predicted octanol–water partition coefficient (Wildman–Crippen LogP) is 2.64. The van der Waals surface area contributed by atoms with E-state index >= 15 is 0 Å². The van der Waals surface area contributed by atoms with Crippen LogP contribution in [0, 0.1) is 12.8 Å². The number of nitrogens with one attached hydrogen (secondary N) is 2. The van der Waals surface area contributed by atoms with Crippen molar-refractivity contribution in [2.24, 2.45) is 5.92 Å².